The van der Waals surface area contributed by atoms with Crippen molar-refractivity contribution in [1.82, 2.24) is 20.4 Å². The van der Waals surface area contributed by atoms with E-state index in [0.29, 0.717) is 21.5 Å². The average molecular weight is 395 g/mol. The smallest absolute Gasteiger partial charge is 0.292 e. The molecule has 0 aliphatic heterocycles. The number of rotatable bonds is 4. The van der Waals surface area contributed by atoms with Crippen molar-refractivity contribution in [3.8, 4) is 0 Å². The molecule has 0 spiro atoms. The molecule has 8 nitrogen and oxygen atoms in total. The number of anilines is 2. The first-order chi connectivity index (χ1) is 12.0. The monoisotopic (exact) mass is 394 g/mol. The molecule has 3 rings (SSSR count). The van der Waals surface area contributed by atoms with Gasteiger partial charge in [0, 0.05) is 11.4 Å². The van der Waals surface area contributed by atoms with Gasteiger partial charge in [0.05, 0.1) is 0 Å². The van der Waals surface area contributed by atoms with E-state index in [1.54, 1.807) is 19.1 Å². The Morgan fingerprint density at radius 1 is 0.960 bits per heavy atom. The van der Waals surface area contributed by atoms with Gasteiger partial charge in [-0.1, -0.05) is 46.4 Å². The molecule has 2 amide bonds. The molecular weight excluding hydrogens is 384 g/mol. The lowest BCUT2D eigenvalue weighted by Gasteiger charge is -2.00. The molecule has 0 unspecified atom stereocenters. The predicted octanol–water partition coefficient (Wildman–Crippen LogP) is 2.52. The summed E-state index contributed by atoms with van der Waals surface area (Å²) < 4.78 is 0. The summed E-state index contributed by atoms with van der Waals surface area (Å²) in [5.41, 5.74) is 1.02. The third-order valence-electron chi connectivity index (χ3n) is 2.91. The maximum atomic E-state index is 11.9. The van der Waals surface area contributed by atoms with Crippen LogP contribution in [0.1, 0.15) is 15.6 Å². The highest BCUT2D eigenvalue weighted by atomic mass is 35.5. The zero-order valence-corrected chi connectivity index (χ0v) is 15.2. The topological polar surface area (TPSA) is 110 Å². The Morgan fingerprint density at radius 3 is 2.16 bits per heavy atom. The second-order valence-corrected chi connectivity index (χ2v) is 7.52. The summed E-state index contributed by atoms with van der Waals surface area (Å²) in [5.74, 6) is -1.69. The summed E-state index contributed by atoms with van der Waals surface area (Å²) in [6.07, 6.45) is 0.557. The highest BCUT2D eigenvalue weighted by Gasteiger charge is 2.18. The number of nitrogens with zero attached hydrogens (tertiary/aromatic N) is 4. The largest absolute Gasteiger partial charge is 0.315 e. The van der Waals surface area contributed by atoms with Crippen molar-refractivity contribution in [2.24, 2.45) is 0 Å². The Hall–Kier alpha value is -2.43. The minimum absolute atomic E-state index is 0.248. The molecule has 0 aliphatic carbocycles. The van der Waals surface area contributed by atoms with Gasteiger partial charge in [0.25, 0.3) is 0 Å². The number of carbonyl (C=O) groups excluding carboxylic acids is 2. The maximum Gasteiger partial charge on any atom is 0.315 e. The van der Waals surface area contributed by atoms with Gasteiger partial charge in [0.15, 0.2) is 0 Å². The van der Waals surface area contributed by atoms with E-state index < -0.39 is 11.8 Å². The third-order valence-corrected chi connectivity index (χ3v) is 4.75. The summed E-state index contributed by atoms with van der Waals surface area (Å²) in [5, 5.41) is 22.7. The van der Waals surface area contributed by atoms with Gasteiger partial charge < -0.3 is 0 Å². The molecule has 0 bridgehead atoms. The maximum absolute atomic E-state index is 11.9. The molecule has 2 aromatic heterocycles. The van der Waals surface area contributed by atoms with Crippen LogP contribution in [0.5, 0.6) is 0 Å². The minimum Gasteiger partial charge on any atom is -0.292 e. The van der Waals surface area contributed by atoms with E-state index in [9.17, 15) is 9.59 Å². The number of carbonyl (C=O) groups is 2. The van der Waals surface area contributed by atoms with E-state index in [1.165, 1.54) is 22.7 Å². The number of nitrogens with one attached hydrogen (secondary N) is 2. The minimum atomic E-state index is -0.845. The summed E-state index contributed by atoms with van der Waals surface area (Å²) in [6.45, 7) is 1.75. The SMILES string of the molecule is Cc1nnc(NC(=O)C(=O)Nc2nnc(Cc3ccc(Cl)cc3)s2)s1. The zero-order chi connectivity index (χ0) is 17.8. The van der Waals surface area contributed by atoms with Crippen LogP contribution < -0.4 is 10.6 Å². The number of halogens is 1. The lowest BCUT2D eigenvalue weighted by atomic mass is 10.2. The van der Waals surface area contributed by atoms with Crippen LogP contribution in [0, 0.1) is 6.92 Å². The molecule has 25 heavy (non-hydrogen) atoms. The molecule has 2 N–H and O–H groups in total. The molecule has 0 radical (unpaired) electrons. The van der Waals surface area contributed by atoms with Crippen LogP contribution in [-0.4, -0.2) is 32.2 Å². The molecule has 0 atom stereocenters. The number of aryl methyl sites for hydroxylation is 1. The van der Waals surface area contributed by atoms with Crippen LogP contribution >= 0.6 is 34.3 Å². The molecule has 0 fully saturated rings. The first kappa shape index (κ1) is 17.4. The molecule has 2 heterocycles. The normalized spacial score (nSPS) is 10.5. The lowest BCUT2D eigenvalue weighted by molar-refractivity contribution is -0.133. The number of amides is 2. The molecule has 128 valence electrons. The summed E-state index contributed by atoms with van der Waals surface area (Å²) in [6, 6.07) is 7.36. The van der Waals surface area contributed by atoms with Gasteiger partial charge in [0.1, 0.15) is 10.0 Å². The average Bonchev–Trinajstić information content (AvgIpc) is 3.18. The highest BCUT2D eigenvalue weighted by Crippen LogP contribution is 2.20. The van der Waals surface area contributed by atoms with Crippen molar-refractivity contribution < 1.29 is 9.59 Å². The number of hydrogen-bond donors (Lipinski definition) is 2. The van der Waals surface area contributed by atoms with Gasteiger partial charge in [0.2, 0.25) is 10.3 Å². The fourth-order valence-corrected chi connectivity index (χ4v) is 3.29. The van der Waals surface area contributed by atoms with E-state index in [0.717, 1.165) is 5.56 Å². The summed E-state index contributed by atoms with van der Waals surface area (Å²) in [7, 11) is 0. The lowest BCUT2D eigenvalue weighted by Crippen LogP contribution is -2.29. The Kier molecular flexibility index (Phi) is 5.31. The van der Waals surface area contributed by atoms with Gasteiger partial charge in [-0.3, -0.25) is 20.2 Å². The van der Waals surface area contributed by atoms with Crippen LogP contribution in [0.4, 0.5) is 10.3 Å². The van der Waals surface area contributed by atoms with Crippen molar-refractivity contribution in [3.63, 3.8) is 0 Å². The zero-order valence-electron chi connectivity index (χ0n) is 12.8. The van der Waals surface area contributed by atoms with Crippen LogP contribution in [0.2, 0.25) is 5.02 Å². The predicted molar refractivity (Wildman–Crippen MR) is 96.1 cm³/mol. The second-order valence-electron chi connectivity index (χ2n) is 4.84. The van der Waals surface area contributed by atoms with Crippen LogP contribution in [0.15, 0.2) is 24.3 Å². The highest BCUT2D eigenvalue weighted by molar-refractivity contribution is 7.16. The van der Waals surface area contributed by atoms with E-state index in [-0.39, 0.29) is 10.3 Å². The van der Waals surface area contributed by atoms with Crippen molar-refractivity contribution in [2.75, 3.05) is 10.6 Å². The summed E-state index contributed by atoms with van der Waals surface area (Å²) >= 11 is 8.22. The summed E-state index contributed by atoms with van der Waals surface area (Å²) in [4.78, 5) is 23.7. The first-order valence-corrected chi connectivity index (χ1v) is 9.00. The van der Waals surface area contributed by atoms with Gasteiger partial charge >= 0.3 is 11.8 Å². The van der Waals surface area contributed by atoms with Crippen molar-refractivity contribution in [3.05, 3.63) is 44.9 Å². The van der Waals surface area contributed by atoms with Crippen LogP contribution in [-0.2, 0) is 16.0 Å². The van der Waals surface area contributed by atoms with Crippen molar-refractivity contribution in [2.45, 2.75) is 13.3 Å². The Bertz CT molecular complexity index is 908. The molecule has 0 saturated heterocycles. The van der Waals surface area contributed by atoms with Gasteiger partial charge in [-0.15, -0.1) is 20.4 Å². The molecule has 0 aliphatic rings. The molecule has 11 heteroatoms. The Balaban J connectivity index is 1.57. The van der Waals surface area contributed by atoms with Crippen LogP contribution in [0.25, 0.3) is 0 Å². The van der Waals surface area contributed by atoms with Gasteiger partial charge in [-0.25, -0.2) is 0 Å². The molecule has 3 aromatic rings. The third kappa shape index (κ3) is 4.78. The van der Waals surface area contributed by atoms with E-state index in [4.69, 9.17) is 11.6 Å². The van der Waals surface area contributed by atoms with E-state index in [1.807, 2.05) is 12.1 Å². The number of hydrogen-bond acceptors (Lipinski definition) is 8. The standard InChI is InChI=1S/C14H11ClN6O2S2/c1-7-18-20-13(24-7)16-11(22)12(23)17-14-21-19-10(25-14)6-8-2-4-9(15)5-3-8/h2-5H,6H2,1H3,(H,16,20,22)(H,17,21,23). The number of benzene rings is 1. The molecular formula is C14H11ClN6O2S2. The Morgan fingerprint density at radius 2 is 1.56 bits per heavy atom. The Labute approximate surface area is 155 Å². The molecule has 1 aromatic carbocycles. The second kappa shape index (κ2) is 7.64. The van der Waals surface area contributed by atoms with E-state index in [2.05, 4.69) is 31.0 Å². The quantitative estimate of drug-likeness (QED) is 0.658. The van der Waals surface area contributed by atoms with Gasteiger partial charge in [-0.2, -0.15) is 0 Å². The van der Waals surface area contributed by atoms with E-state index >= 15 is 0 Å². The fourth-order valence-electron chi connectivity index (χ4n) is 1.81. The number of aromatic nitrogens is 4. The molecule has 0 saturated carbocycles. The van der Waals surface area contributed by atoms with Gasteiger partial charge in [-0.05, 0) is 24.6 Å². The van der Waals surface area contributed by atoms with Crippen LogP contribution in [0.3, 0.4) is 0 Å². The van der Waals surface area contributed by atoms with Crippen molar-refractivity contribution in [1.29, 1.82) is 0 Å². The first-order valence-electron chi connectivity index (χ1n) is 6.99. The van der Waals surface area contributed by atoms with Crippen molar-refractivity contribution >= 4 is 56.4 Å². The fraction of sp³-hybridized carbons (Fsp3) is 0.143.